The SMILES string of the molecule is Nc1ccc(NC(=O)c2cc(O)[nH]c(=O)c2)cc1Cl. The third kappa shape index (κ3) is 3.05. The quantitative estimate of drug-likeness (QED) is 0.626. The van der Waals surface area contributed by atoms with Gasteiger partial charge in [-0.15, -0.1) is 0 Å². The standard InChI is InChI=1S/C12H10ClN3O3/c13-8-5-7(1-2-9(8)14)15-12(19)6-3-10(17)16-11(18)4-6/h1-5H,14H2,(H,15,19)(H2,16,17,18). The fourth-order valence-electron chi connectivity index (χ4n) is 1.47. The van der Waals surface area contributed by atoms with Gasteiger partial charge in [0, 0.05) is 17.8 Å². The molecular weight excluding hydrogens is 270 g/mol. The van der Waals surface area contributed by atoms with E-state index in [9.17, 15) is 14.7 Å². The molecule has 1 heterocycles. The van der Waals surface area contributed by atoms with E-state index in [0.717, 1.165) is 12.1 Å². The molecule has 1 aromatic heterocycles. The number of hydrogen-bond donors (Lipinski definition) is 4. The first-order valence-electron chi connectivity index (χ1n) is 5.25. The van der Waals surface area contributed by atoms with Crippen LogP contribution in [0.4, 0.5) is 11.4 Å². The fourth-order valence-corrected chi connectivity index (χ4v) is 1.65. The zero-order valence-corrected chi connectivity index (χ0v) is 10.4. The van der Waals surface area contributed by atoms with E-state index in [4.69, 9.17) is 17.3 Å². The van der Waals surface area contributed by atoms with E-state index < -0.39 is 11.5 Å². The molecular formula is C12H10ClN3O3. The van der Waals surface area contributed by atoms with Gasteiger partial charge < -0.3 is 16.2 Å². The van der Waals surface area contributed by atoms with Crippen LogP contribution in [-0.4, -0.2) is 16.0 Å². The number of benzene rings is 1. The molecule has 7 heteroatoms. The van der Waals surface area contributed by atoms with Crippen molar-refractivity contribution in [3.05, 3.63) is 51.3 Å². The number of pyridine rings is 1. The molecule has 6 nitrogen and oxygen atoms in total. The van der Waals surface area contributed by atoms with Gasteiger partial charge in [0.25, 0.3) is 11.5 Å². The zero-order valence-electron chi connectivity index (χ0n) is 9.61. The van der Waals surface area contributed by atoms with Gasteiger partial charge in [-0.1, -0.05) is 11.6 Å². The van der Waals surface area contributed by atoms with Gasteiger partial charge in [-0.05, 0) is 18.2 Å². The van der Waals surface area contributed by atoms with Crippen LogP contribution in [0.3, 0.4) is 0 Å². The summed E-state index contributed by atoms with van der Waals surface area (Å²) in [6.07, 6.45) is 0. The maximum atomic E-state index is 11.9. The maximum absolute atomic E-state index is 11.9. The molecule has 0 aliphatic carbocycles. The molecule has 0 aliphatic rings. The molecule has 0 aliphatic heterocycles. The lowest BCUT2D eigenvalue weighted by atomic mass is 10.2. The number of nitrogen functional groups attached to an aromatic ring is 1. The fraction of sp³-hybridized carbons (Fsp3) is 0. The molecule has 0 radical (unpaired) electrons. The Balaban J connectivity index is 2.25. The van der Waals surface area contributed by atoms with Crippen LogP contribution in [0.15, 0.2) is 35.1 Å². The summed E-state index contributed by atoms with van der Waals surface area (Å²) in [5.41, 5.74) is 5.85. The highest BCUT2D eigenvalue weighted by Gasteiger charge is 2.09. The Morgan fingerprint density at radius 2 is 2.05 bits per heavy atom. The van der Waals surface area contributed by atoms with Gasteiger partial charge in [-0.2, -0.15) is 0 Å². The van der Waals surface area contributed by atoms with Gasteiger partial charge in [-0.3, -0.25) is 14.6 Å². The van der Waals surface area contributed by atoms with Crippen LogP contribution in [0.5, 0.6) is 5.88 Å². The van der Waals surface area contributed by atoms with Gasteiger partial charge in [0.05, 0.1) is 16.3 Å². The Kier molecular flexibility index (Phi) is 3.43. The molecule has 0 spiro atoms. The first-order chi connectivity index (χ1) is 8.95. The van der Waals surface area contributed by atoms with E-state index >= 15 is 0 Å². The molecule has 1 aromatic carbocycles. The van der Waals surface area contributed by atoms with Crippen molar-refractivity contribution in [1.29, 1.82) is 0 Å². The summed E-state index contributed by atoms with van der Waals surface area (Å²) in [4.78, 5) is 25.1. The van der Waals surface area contributed by atoms with E-state index in [1.807, 2.05) is 0 Å². The lowest BCUT2D eigenvalue weighted by Gasteiger charge is -2.06. The number of aromatic amines is 1. The minimum Gasteiger partial charge on any atom is -0.494 e. The van der Waals surface area contributed by atoms with Crippen LogP contribution in [0, 0.1) is 0 Å². The molecule has 0 bridgehead atoms. The normalized spacial score (nSPS) is 10.2. The second-order valence-corrected chi connectivity index (χ2v) is 4.22. The van der Waals surface area contributed by atoms with Crippen molar-refractivity contribution in [2.45, 2.75) is 0 Å². The predicted molar refractivity (Wildman–Crippen MR) is 72.5 cm³/mol. The summed E-state index contributed by atoms with van der Waals surface area (Å²) >= 11 is 5.82. The highest BCUT2D eigenvalue weighted by molar-refractivity contribution is 6.33. The number of hydrogen-bond acceptors (Lipinski definition) is 4. The molecule has 98 valence electrons. The molecule has 2 aromatic rings. The highest BCUT2D eigenvalue weighted by Crippen LogP contribution is 2.23. The van der Waals surface area contributed by atoms with Crippen LogP contribution >= 0.6 is 11.6 Å². The molecule has 0 unspecified atom stereocenters. The number of nitrogens with one attached hydrogen (secondary N) is 2. The number of nitrogens with two attached hydrogens (primary N) is 1. The summed E-state index contributed by atoms with van der Waals surface area (Å²) in [6.45, 7) is 0. The van der Waals surface area contributed by atoms with E-state index in [1.165, 1.54) is 6.07 Å². The third-order valence-electron chi connectivity index (χ3n) is 2.35. The van der Waals surface area contributed by atoms with E-state index in [0.29, 0.717) is 16.4 Å². The number of anilines is 2. The Hall–Kier alpha value is -2.47. The largest absolute Gasteiger partial charge is 0.494 e. The molecule has 0 saturated carbocycles. The molecule has 0 atom stereocenters. The topological polar surface area (TPSA) is 108 Å². The Morgan fingerprint density at radius 3 is 2.68 bits per heavy atom. The lowest BCUT2D eigenvalue weighted by molar-refractivity contribution is 0.102. The number of H-pyrrole nitrogens is 1. The number of rotatable bonds is 2. The number of amides is 1. The molecule has 1 amide bonds. The minimum absolute atomic E-state index is 0.0363. The number of halogens is 1. The molecule has 5 N–H and O–H groups in total. The van der Waals surface area contributed by atoms with Gasteiger partial charge >= 0.3 is 0 Å². The molecule has 0 fully saturated rings. The Bertz CT molecular complexity index is 697. The summed E-state index contributed by atoms with van der Waals surface area (Å²) < 4.78 is 0. The average Bonchev–Trinajstić information content (AvgIpc) is 2.32. The van der Waals surface area contributed by atoms with Crippen LogP contribution in [-0.2, 0) is 0 Å². The minimum atomic E-state index is -0.569. The second-order valence-electron chi connectivity index (χ2n) is 3.81. The highest BCUT2D eigenvalue weighted by atomic mass is 35.5. The summed E-state index contributed by atoms with van der Waals surface area (Å²) in [7, 11) is 0. The summed E-state index contributed by atoms with van der Waals surface area (Å²) in [6, 6.07) is 6.84. The van der Waals surface area contributed by atoms with Crippen molar-refractivity contribution in [2.75, 3.05) is 11.1 Å². The van der Waals surface area contributed by atoms with Crippen molar-refractivity contribution < 1.29 is 9.90 Å². The first-order valence-corrected chi connectivity index (χ1v) is 5.63. The van der Waals surface area contributed by atoms with Crippen molar-refractivity contribution in [3.8, 4) is 5.88 Å². The number of aromatic hydroxyl groups is 1. The molecule has 2 rings (SSSR count). The van der Waals surface area contributed by atoms with Crippen LogP contribution in [0.25, 0.3) is 0 Å². The van der Waals surface area contributed by atoms with Crippen LogP contribution < -0.4 is 16.6 Å². The van der Waals surface area contributed by atoms with E-state index in [2.05, 4.69) is 10.3 Å². The lowest BCUT2D eigenvalue weighted by Crippen LogP contribution is -2.15. The number of carbonyl (C=O) groups is 1. The third-order valence-corrected chi connectivity index (χ3v) is 2.68. The van der Waals surface area contributed by atoms with Gasteiger partial charge in [-0.25, -0.2) is 0 Å². The average molecular weight is 280 g/mol. The maximum Gasteiger partial charge on any atom is 0.256 e. The van der Waals surface area contributed by atoms with Crippen molar-refractivity contribution in [3.63, 3.8) is 0 Å². The first kappa shape index (κ1) is 13.0. The van der Waals surface area contributed by atoms with Crippen molar-refractivity contribution >= 4 is 28.9 Å². The van der Waals surface area contributed by atoms with Crippen molar-refractivity contribution in [1.82, 2.24) is 4.98 Å². The second kappa shape index (κ2) is 5.03. The van der Waals surface area contributed by atoms with Crippen LogP contribution in [0.2, 0.25) is 5.02 Å². The number of aromatic nitrogens is 1. The van der Waals surface area contributed by atoms with E-state index in [-0.39, 0.29) is 11.4 Å². The smallest absolute Gasteiger partial charge is 0.256 e. The summed E-state index contributed by atoms with van der Waals surface area (Å²) in [5.74, 6) is -0.921. The van der Waals surface area contributed by atoms with Crippen LogP contribution in [0.1, 0.15) is 10.4 Å². The number of carbonyl (C=O) groups excluding carboxylic acids is 1. The van der Waals surface area contributed by atoms with Gasteiger partial charge in [0.1, 0.15) is 0 Å². The van der Waals surface area contributed by atoms with Gasteiger partial charge in [0.2, 0.25) is 0 Å². The monoisotopic (exact) mass is 279 g/mol. The zero-order chi connectivity index (χ0) is 14.0. The Morgan fingerprint density at radius 1 is 1.32 bits per heavy atom. The van der Waals surface area contributed by atoms with Gasteiger partial charge in [0.15, 0.2) is 5.88 Å². The van der Waals surface area contributed by atoms with E-state index in [1.54, 1.807) is 12.1 Å². The summed E-state index contributed by atoms with van der Waals surface area (Å²) in [5, 5.41) is 12.1. The van der Waals surface area contributed by atoms with Crippen molar-refractivity contribution in [2.24, 2.45) is 0 Å². The molecule has 19 heavy (non-hydrogen) atoms. The Labute approximate surface area is 112 Å². The molecule has 0 saturated heterocycles. The predicted octanol–water partition coefficient (Wildman–Crippen LogP) is 1.57.